The zero-order valence-corrected chi connectivity index (χ0v) is 8.67. The fourth-order valence-corrected chi connectivity index (χ4v) is 2.29. The van der Waals surface area contributed by atoms with E-state index in [0.717, 1.165) is 22.2 Å². The van der Waals surface area contributed by atoms with Crippen LogP contribution in [0.1, 0.15) is 18.0 Å². The minimum absolute atomic E-state index is 0.0544. The molecule has 4 N–H and O–H groups in total. The lowest BCUT2D eigenvalue weighted by Crippen LogP contribution is -2.21. The molecule has 0 aliphatic carbocycles. The van der Waals surface area contributed by atoms with Crippen molar-refractivity contribution in [3.63, 3.8) is 0 Å². The van der Waals surface area contributed by atoms with Crippen molar-refractivity contribution < 1.29 is 4.74 Å². The Morgan fingerprint density at radius 2 is 2.23 bits per heavy atom. The molecule has 0 saturated heterocycles. The standard InChI is InChI=1S/C9H11BrN2O/c10-6-3-5(11)4-8-9(6)7(12)1-2-13-8/h3-4,7H,1-2,11-12H2. The lowest BCUT2D eigenvalue weighted by atomic mass is 10.0. The van der Waals surface area contributed by atoms with Gasteiger partial charge >= 0.3 is 0 Å². The molecule has 2 rings (SSSR count). The number of fused-ring (bicyclic) bond motifs is 1. The van der Waals surface area contributed by atoms with E-state index in [-0.39, 0.29) is 6.04 Å². The first-order valence-corrected chi connectivity index (χ1v) is 4.95. The molecular weight excluding hydrogens is 232 g/mol. The topological polar surface area (TPSA) is 61.3 Å². The van der Waals surface area contributed by atoms with Gasteiger partial charge in [-0.1, -0.05) is 15.9 Å². The van der Waals surface area contributed by atoms with Gasteiger partial charge in [0, 0.05) is 34.3 Å². The lowest BCUT2D eigenvalue weighted by Gasteiger charge is -2.24. The Hall–Kier alpha value is -0.740. The first-order valence-electron chi connectivity index (χ1n) is 4.16. The van der Waals surface area contributed by atoms with E-state index in [9.17, 15) is 0 Å². The van der Waals surface area contributed by atoms with Crippen molar-refractivity contribution in [1.29, 1.82) is 0 Å². The summed E-state index contributed by atoms with van der Waals surface area (Å²) in [7, 11) is 0. The fourth-order valence-electron chi connectivity index (χ4n) is 1.53. The smallest absolute Gasteiger partial charge is 0.127 e. The molecular formula is C9H11BrN2O. The molecule has 1 aliphatic heterocycles. The van der Waals surface area contributed by atoms with Crippen LogP contribution in [0.25, 0.3) is 0 Å². The van der Waals surface area contributed by atoms with E-state index in [1.807, 2.05) is 12.1 Å². The van der Waals surface area contributed by atoms with E-state index in [1.54, 1.807) is 0 Å². The molecule has 0 amide bonds. The molecule has 1 heterocycles. The second-order valence-corrected chi connectivity index (χ2v) is 4.01. The summed E-state index contributed by atoms with van der Waals surface area (Å²) >= 11 is 3.43. The van der Waals surface area contributed by atoms with Crippen LogP contribution in [0.2, 0.25) is 0 Å². The van der Waals surface area contributed by atoms with Crippen LogP contribution >= 0.6 is 15.9 Å². The van der Waals surface area contributed by atoms with Crippen molar-refractivity contribution in [2.75, 3.05) is 12.3 Å². The average Bonchev–Trinajstić information content (AvgIpc) is 2.02. The van der Waals surface area contributed by atoms with E-state index >= 15 is 0 Å². The highest BCUT2D eigenvalue weighted by Gasteiger charge is 2.21. The Kier molecular flexibility index (Phi) is 2.17. The van der Waals surface area contributed by atoms with Crippen LogP contribution in [0.4, 0.5) is 5.69 Å². The van der Waals surface area contributed by atoms with Gasteiger partial charge in [0.25, 0.3) is 0 Å². The zero-order valence-electron chi connectivity index (χ0n) is 7.09. The lowest BCUT2D eigenvalue weighted by molar-refractivity contribution is 0.268. The predicted molar refractivity (Wildman–Crippen MR) is 55.6 cm³/mol. The highest BCUT2D eigenvalue weighted by atomic mass is 79.9. The summed E-state index contributed by atoms with van der Waals surface area (Å²) in [4.78, 5) is 0. The summed E-state index contributed by atoms with van der Waals surface area (Å²) in [6.45, 7) is 0.671. The molecule has 0 fully saturated rings. The van der Waals surface area contributed by atoms with Crippen LogP contribution in [0.5, 0.6) is 5.75 Å². The molecule has 0 radical (unpaired) electrons. The number of benzene rings is 1. The van der Waals surface area contributed by atoms with E-state index < -0.39 is 0 Å². The van der Waals surface area contributed by atoms with Gasteiger partial charge < -0.3 is 16.2 Å². The first kappa shape index (κ1) is 8.84. The van der Waals surface area contributed by atoms with Gasteiger partial charge in [0.15, 0.2) is 0 Å². The Morgan fingerprint density at radius 3 is 3.00 bits per heavy atom. The molecule has 1 atom stereocenters. The highest BCUT2D eigenvalue weighted by Crippen LogP contribution is 2.37. The number of hydrogen-bond acceptors (Lipinski definition) is 3. The molecule has 4 heteroatoms. The van der Waals surface area contributed by atoms with Crippen molar-refractivity contribution in [2.45, 2.75) is 12.5 Å². The summed E-state index contributed by atoms with van der Waals surface area (Å²) in [5.41, 5.74) is 13.3. The third-order valence-electron chi connectivity index (χ3n) is 2.17. The van der Waals surface area contributed by atoms with Crippen LogP contribution in [0.3, 0.4) is 0 Å². The number of halogens is 1. The predicted octanol–water partition coefficient (Wildman–Crippen LogP) is 1.81. The van der Waals surface area contributed by atoms with Crippen LogP contribution in [-0.2, 0) is 0 Å². The number of nitrogens with two attached hydrogens (primary N) is 2. The quantitative estimate of drug-likeness (QED) is 0.683. The molecule has 3 nitrogen and oxygen atoms in total. The normalized spacial score (nSPS) is 20.6. The van der Waals surface area contributed by atoms with Gasteiger partial charge in [0.05, 0.1) is 6.61 Å². The summed E-state index contributed by atoms with van der Waals surface area (Å²) in [5, 5.41) is 0. The van der Waals surface area contributed by atoms with Gasteiger partial charge in [0.2, 0.25) is 0 Å². The molecule has 0 spiro atoms. The highest BCUT2D eigenvalue weighted by molar-refractivity contribution is 9.10. The first-order chi connectivity index (χ1) is 6.18. The molecule has 0 saturated carbocycles. The van der Waals surface area contributed by atoms with E-state index in [1.165, 1.54) is 0 Å². The molecule has 1 unspecified atom stereocenters. The number of nitrogen functional groups attached to an aromatic ring is 1. The maximum atomic E-state index is 5.95. The third-order valence-corrected chi connectivity index (χ3v) is 2.83. The fraction of sp³-hybridized carbons (Fsp3) is 0.333. The van der Waals surface area contributed by atoms with Crippen molar-refractivity contribution in [2.24, 2.45) is 5.73 Å². The number of rotatable bonds is 0. The second-order valence-electron chi connectivity index (χ2n) is 3.16. The average molecular weight is 243 g/mol. The molecule has 0 bridgehead atoms. The minimum atomic E-state index is 0.0544. The monoisotopic (exact) mass is 242 g/mol. The van der Waals surface area contributed by atoms with Crippen LogP contribution in [0.15, 0.2) is 16.6 Å². The summed E-state index contributed by atoms with van der Waals surface area (Å²) in [6, 6.07) is 3.73. The summed E-state index contributed by atoms with van der Waals surface area (Å²) in [5.74, 6) is 0.811. The maximum absolute atomic E-state index is 5.95. The van der Waals surface area contributed by atoms with Crippen molar-refractivity contribution >= 4 is 21.6 Å². The van der Waals surface area contributed by atoms with Crippen LogP contribution in [-0.4, -0.2) is 6.61 Å². The van der Waals surface area contributed by atoms with Crippen LogP contribution < -0.4 is 16.2 Å². The van der Waals surface area contributed by atoms with Gasteiger partial charge in [-0.15, -0.1) is 0 Å². The van der Waals surface area contributed by atoms with Gasteiger partial charge in [-0.25, -0.2) is 0 Å². The Balaban J connectivity index is 2.56. The number of anilines is 1. The zero-order chi connectivity index (χ0) is 9.42. The van der Waals surface area contributed by atoms with E-state index in [0.29, 0.717) is 12.3 Å². The van der Waals surface area contributed by atoms with E-state index in [4.69, 9.17) is 16.2 Å². The summed E-state index contributed by atoms with van der Waals surface area (Å²) < 4.78 is 6.41. The largest absolute Gasteiger partial charge is 0.493 e. The van der Waals surface area contributed by atoms with E-state index in [2.05, 4.69) is 15.9 Å². The van der Waals surface area contributed by atoms with Gasteiger partial charge in [-0.2, -0.15) is 0 Å². The maximum Gasteiger partial charge on any atom is 0.127 e. The Labute approximate surface area is 85.2 Å². The molecule has 1 aromatic carbocycles. The van der Waals surface area contributed by atoms with Gasteiger partial charge in [-0.05, 0) is 6.07 Å². The second kappa shape index (κ2) is 3.20. The van der Waals surface area contributed by atoms with Crippen molar-refractivity contribution in [3.8, 4) is 5.75 Å². The third kappa shape index (κ3) is 1.51. The molecule has 0 aromatic heterocycles. The SMILES string of the molecule is Nc1cc(Br)c2c(c1)OCCC2N. The Morgan fingerprint density at radius 1 is 1.46 bits per heavy atom. The van der Waals surface area contributed by atoms with Gasteiger partial charge in [-0.3, -0.25) is 0 Å². The number of ether oxygens (including phenoxy) is 1. The van der Waals surface area contributed by atoms with Gasteiger partial charge in [0.1, 0.15) is 5.75 Å². The van der Waals surface area contributed by atoms with Crippen LogP contribution in [0, 0.1) is 0 Å². The van der Waals surface area contributed by atoms with Crippen molar-refractivity contribution in [1.82, 2.24) is 0 Å². The molecule has 1 aliphatic rings. The summed E-state index contributed by atoms with van der Waals surface area (Å²) in [6.07, 6.45) is 0.857. The van der Waals surface area contributed by atoms with Crippen molar-refractivity contribution in [3.05, 3.63) is 22.2 Å². The number of hydrogen-bond donors (Lipinski definition) is 2. The molecule has 1 aromatic rings. The molecule has 13 heavy (non-hydrogen) atoms. The minimum Gasteiger partial charge on any atom is -0.493 e. The molecule has 70 valence electrons. The Bertz CT molecular complexity index is 341.